The van der Waals surface area contributed by atoms with Gasteiger partial charge in [0.05, 0.1) is 18.6 Å². The standard InChI is InChI=1S/C18H26N2O3/c1-4-19(12-17(22)15-7-5-13(2)6-8-15)18(23)16-9-10-20(11-16)14(3)21/h5-8,16-17,22H,4,9-12H2,1-3H3. The third kappa shape index (κ3) is 4.32. The molecule has 126 valence electrons. The molecule has 0 aliphatic carbocycles. The zero-order chi connectivity index (χ0) is 17.0. The SMILES string of the molecule is CCN(CC(O)c1ccc(C)cc1)C(=O)C1CCN(C(C)=O)C1. The van der Waals surface area contributed by atoms with Gasteiger partial charge in [0.25, 0.3) is 0 Å². The smallest absolute Gasteiger partial charge is 0.227 e. The second kappa shape index (κ2) is 7.59. The fourth-order valence-electron chi connectivity index (χ4n) is 2.98. The van der Waals surface area contributed by atoms with Crippen molar-refractivity contribution in [2.75, 3.05) is 26.2 Å². The topological polar surface area (TPSA) is 60.9 Å². The summed E-state index contributed by atoms with van der Waals surface area (Å²) in [4.78, 5) is 27.5. The van der Waals surface area contributed by atoms with Crippen LogP contribution in [0.4, 0.5) is 0 Å². The Morgan fingerprint density at radius 2 is 2.00 bits per heavy atom. The molecule has 5 heteroatoms. The fourth-order valence-corrected chi connectivity index (χ4v) is 2.98. The maximum Gasteiger partial charge on any atom is 0.227 e. The van der Waals surface area contributed by atoms with Crippen LogP contribution >= 0.6 is 0 Å². The summed E-state index contributed by atoms with van der Waals surface area (Å²) in [7, 11) is 0. The van der Waals surface area contributed by atoms with E-state index in [0.29, 0.717) is 26.1 Å². The first kappa shape index (κ1) is 17.5. The van der Waals surface area contributed by atoms with Crippen LogP contribution in [0.2, 0.25) is 0 Å². The molecule has 1 saturated heterocycles. The minimum Gasteiger partial charge on any atom is -0.387 e. The van der Waals surface area contributed by atoms with Crippen LogP contribution in [0.25, 0.3) is 0 Å². The summed E-state index contributed by atoms with van der Waals surface area (Å²) in [5.41, 5.74) is 1.96. The Kier molecular flexibility index (Phi) is 5.77. The van der Waals surface area contributed by atoms with Crippen LogP contribution in [0.1, 0.15) is 37.5 Å². The molecular weight excluding hydrogens is 292 g/mol. The van der Waals surface area contributed by atoms with E-state index in [4.69, 9.17) is 0 Å². The van der Waals surface area contributed by atoms with Crippen LogP contribution in [0.5, 0.6) is 0 Å². The molecule has 1 aliphatic rings. The molecule has 2 unspecified atom stereocenters. The van der Waals surface area contributed by atoms with Crippen molar-refractivity contribution in [2.24, 2.45) is 5.92 Å². The highest BCUT2D eigenvalue weighted by atomic mass is 16.3. The van der Waals surface area contributed by atoms with Crippen LogP contribution in [-0.2, 0) is 9.59 Å². The van der Waals surface area contributed by atoms with E-state index in [2.05, 4.69) is 0 Å². The van der Waals surface area contributed by atoms with E-state index in [-0.39, 0.29) is 24.3 Å². The number of amides is 2. The number of carbonyl (C=O) groups is 2. The van der Waals surface area contributed by atoms with Crippen molar-refractivity contribution in [3.05, 3.63) is 35.4 Å². The lowest BCUT2D eigenvalue weighted by Gasteiger charge is -2.27. The maximum absolute atomic E-state index is 12.6. The van der Waals surface area contributed by atoms with Gasteiger partial charge in [-0.3, -0.25) is 9.59 Å². The zero-order valence-electron chi connectivity index (χ0n) is 14.2. The van der Waals surface area contributed by atoms with Crippen LogP contribution in [0.15, 0.2) is 24.3 Å². The summed E-state index contributed by atoms with van der Waals surface area (Å²) in [6.45, 7) is 7.42. The fraction of sp³-hybridized carbons (Fsp3) is 0.556. The molecule has 2 rings (SSSR count). The van der Waals surface area contributed by atoms with E-state index in [1.807, 2.05) is 38.1 Å². The third-order valence-electron chi connectivity index (χ3n) is 4.53. The number of aliphatic hydroxyl groups is 1. The molecule has 1 N–H and O–H groups in total. The van der Waals surface area contributed by atoms with Crippen molar-refractivity contribution >= 4 is 11.8 Å². The van der Waals surface area contributed by atoms with E-state index in [0.717, 1.165) is 11.1 Å². The lowest BCUT2D eigenvalue weighted by molar-refractivity contribution is -0.136. The van der Waals surface area contributed by atoms with E-state index in [9.17, 15) is 14.7 Å². The average Bonchev–Trinajstić information content (AvgIpc) is 3.02. The Hall–Kier alpha value is -1.88. The lowest BCUT2D eigenvalue weighted by Crippen LogP contribution is -2.40. The van der Waals surface area contributed by atoms with Gasteiger partial charge in [0, 0.05) is 26.6 Å². The molecule has 0 saturated carbocycles. The highest BCUT2D eigenvalue weighted by molar-refractivity contribution is 5.81. The molecule has 2 atom stereocenters. The van der Waals surface area contributed by atoms with Gasteiger partial charge in [0.2, 0.25) is 11.8 Å². The minimum absolute atomic E-state index is 0.0167. The monoisotopic (exact) mass is 318 g/mol. The van der Waals surface area contributed by atoms with Gasteiger partial charge < -0.3 is 14.9 Å². The number of benzene rings is 1. The number of rotatable bonds is 5. The summed E-state index contributed by atoms with van der Waals surface area (Å²) in [6, 6.07) is 7.70. The van der Waals surface area contributed by atoms with E-state index >= 15 is 0 Å². The Bertz CT molecular complexity index is 556. The lowest BCUT2D eigenvalue weighted by atomic mass is 10.0. The van der Waals surface area contributed by atoms with Crippen LogP contribution < -0.4 is 0 Å². The number of likely N-dealkylation sites (N-methyl/N-ethyl adjacent to an activating group) is 1. The van der Waals surface area contributed by atoms with E-state index in [1.165, 1.54) is 6.92 Å². The highest BCUT2D eigenvalue weighted by Crippen LogP contribution is 2.21. The van der Waals surface area contributed by atoms with Gasteiger partial charge in [0.15, 0.2) is 0 Å². The molecule has 23 heavy (non-hydrogen) atoms. The van der Waals surface area contributed by atoms with Gasteiger partial charge >= 0.3 is 0 Å². The molecule has 1 aliphatic heterocycles. The van der Waals surface area contributed by atoms with Crippen molar-refractivity contribution in [1.29, 1.82) is 0 Å². The highest BCUT2D eigenvalue weighted by Gasteiger charge is 2.32. The predicted molar refractivity (Wildman–Crippen MR) is 88.8 cm³/mol. The normalized spacial score (nSPS) is 18.8. The molecule has 0 radical (unpaired) electrons. The molecular formula is C18H26N2O3. The van der Waals surface area contributed by atoms with Crippen molar-refractivity contribution in [3.63, 3.8) is 0 Å². The van der Waals surface area contributed by atoms with Gasteiger partial charge in [-0.2, -0.15) is 0 Å². The van der Waals surface area contributed by atoms with Crippen LogP contribution in [0, 0.1) is 12.8 Å². The number of carbonyl (C=O) groups excluding carboxylic acids is 2. The second-order valence-electron chi connectivity index (χ2n) is 6.25. The number of nitrogens with zero attached hydrogens (tertiary/aromatic N) is 2. The minimum atomic E-state index is -0.690. The first-order valence-corrected chi connectivity index (χ1v) is 8.21. The zero-order valence-corrected chi connectivity index (χ0v) is 14.2. The van der Waals surface area contributed by atoms with Gasteiger partial charge in [-0.15, -0.1) is 0 Å². The summed E-state index contributed by atoms with van der Waals surface area (Å²) < 4.78 is 0. The van der Waals surface area contributed by atoms with Gasteiger partial charge in [-0.25, -0.2) is 0 Å². The molecule has 1 heterocycles. The molecule has 0 aromatic heterocycles. The summed E-state index contributed by atoms with van der Waals surface area (Å²) >= 11 is 0. The molecule has 0 spiro atoms. The molecule has 0 bridgehead atoms. The summed E-state index contributed by atoms with van der Waals surface area (Å²) in [6.07, 6.45) is 0.0139. The van der Waals surface area contributed by atoms with Crippen molar-refractivity contribution < 1.29 is 14.7 Å². The number of likely N-dealkylation sites (tertiary alicyclic amines) is 1. The third-order valence-corrected chi connectivity index (χ3v) is 4.53. The number of hydrogen-bond donors (Lipinski definition) is 1. The molecule has 5 nitrogen and oxygen atoms in total. The Morgan fingerprint density at radius 3 is 2.52 bits per heavy atom. The van der Waals surface area contributed by atoms with Crippen LogP contribution in [0.3, 0.4) is 0 Å². The largest absolute Gasteiger partial charge is 0.387 e. The Morgan fingerprint density at radius 1 is 1.35 bits per heavy atom. The van der Waals surface area contributed by atoms with Gasteiger partial charge in [0.1, 0.15) is 0 Å². The summed E-state index contributed by atoms with van der Waals surface area (Å²) in [5.74, 6) is -0.102. The molecule has 1 aromatic carbocycles. The molecule has 1 fully saturated rings. The number of hydrogen-bond acceptors (Lipinski definition) is 3. The maximum atomic E-state index is 12.6. The van der Waals surface area contributed by atoms with Gasteiger partial charge in [-0.1, -0.05) is 29.8 Å². The summed E-state index contributed by atoms with van der Waals surface area (Å²) in [5, 5.41) is 10.4. The van der Waals surface area contributed by atoms with Crippen LogP contribution in [-0.4, -0.2) is 52.9 Å². The van der Waals surface area contributed by atoms with E-state index in [1.54, 1.807) is 9.80 Å². The van der Waals surface area contributed by atoms with Crippen molar-refractivity contribution in [1.82, 2.24) is 9.80 Å². The Labute approximate surface area is 137 Å². The van der Waals surface area contributed by atoms with Crippen molar-refractivity contribution in [2.45, 2.75) is 33.3 Å². The van der Waals surface area contributed by atoms with Gasteiger partial charge in [-0.05, 0) is 25.8 Å². The van der Waals surface area contributed by atoms with E-state index < -0.39 is 6.10 Å². The quantitative estimate of drug-likeness (QED) is 0.899. The first-order chi connectivity index (χ1) is 10.9. The average molecular weight is 318 g/mol. The predicted octanol–water partition coefficient (Wildman–Crippen LogP) is 1.75. The number of aliphatic hydroxyl groups excluding tert-OH is 1. The Balaban J connectivity index is 1.97. The first-order valence-electron chi connectivity index (χ1n) is 8.21. The second-order valence-corrected chi connectivity index (χ2v) is 6.25. The molecule has 1 aromatic rings. The number of aryl methyl sites for hydroxylation is 1. The molecule has 2 amide bonds. The van der Waals surface area contributed by atoms with Crippen molar-refractivity contribution in [3.8, 4) is 0 Å².